The van der Waals surface area contributed by atoms with E-state index in [-0.39, 0.29) is 0 Å². The maximum absolute atomic E-state index is 6.75. The Morgan fingerprint density at radius 1 is 0.296 bits per heavy atom. The smallest absolute Gasteiger partial charge is 0.167 e. The number of para-hydroxylation sites is 1. The highest BCUT2D eigenvalue weighted by Crippen LogP contribution is 2.40. The summed E-state index contributed by atoms with van der Waals surface area (Å²) in [7, 11) is 0. The highest BCUT2D eigenvalue weighted by Gasteiger charge is 2.20. The Labute approximate surface area is 309 Å². The van der Waals surface area contributed by atoms with Crippen molar-refractivity contribution in [3.8, 4) is 56.4 Å². The first-order chi connectivity index (χ1) is 26.7. The van der Waals surface area contributed by atoms with Gasteiger partial charge in [0.15, 0.2) is 17.5 Å². The molecule has 11 aromatic rings. The van der Waals surface area contributed by atoms with Gasteiger partial charge in [-0.3, -0.25) is 0 Å². The van der Waals surface area contributed by atoms with Crippen molar-refractivity contribution in [3.05, 3.63) is 176 Å². The predicted octanol–water partition coefficient (Wildman–Crippen LogP) is 13.2. The SMILES string of the molecule is c1ccc(-c2cccc(-c3nc(-c4ccc5oc6ccc(-c7ccccc7)cc6c5c4)nc(-c4cccc5c4oc4c6ccccc6ccc54)n3)c2)cc1. The molecule has 0 aliphatic carbocycles. The zero-order valence-corrected chi connectivity index (χ0v) is 28.9. The average molecular weight is 692 g/mol. The lowest BCUT2D eigenvalue weighted by molar-refractivity contribution is 0.669. The van der Waals surface area contributed by atoms with Crippen molar-refractivity contribution in [2.75, 3.05) is 0 Å². The molecule has 5 nitrogen and oxygen atoms in total. The lowest BCUT2D eigenvalue weighted by Gasteiger charge is -2.10. The van der Waals surface area contributed by atoms with Gasteiger partial charge in [-0.05, 0) is 76.2 Å². The summed E-state index contributed by atoms with van der Waals surface area (Å²) in [5.41, 5.74) is 10.3. The van der Waals surface area contributed by atoms with Crippen LogP contribution in [0.4, 0.5) is 0 Å². The standard InChI is InChI=1S/C49H29N3O2/c1-3-11-30(12-4-1)33-16-9-17-35(27-33)47-50-48(36-23-26-44-42(29-36)41-28-34(22-25-43(41)53-44)31-13-5-2-6-14-31)52-49(51-47)40-20-10-19-38-39-24-21-32-15-7-8-18-37(32)45(39)54-46(38)40/h1-29H. The molecule has 0 aliphatic rings. The number of aromatic nitrogens is 3. The van der Waals surface area contributed by atoms with E-state index in [1.807, 2.05) is 42.5 Å². The molecule has 8 aromatic carbocycles. The monoisotopic (exact) mass is 691 g/mol. The molecule has 0 N–H and O–H groups in total. The number of rotatable bonds is 5. The van der Waals surface area contributed by atoms with Crippen LogP contribution in [-0.4, -0.2) is 15.0 Å². The molecule has 0 saturated heterocycles. The highest BCUT2D eigenvalue weighted by molar-refractivity contribution is 6.17. The molecule has 0 amide bonds. The second kappa shape index (κ2) is 12.1. The number of fused-ring (bicyclic) bond motifs is 8. The summed E-state index contributed by atoms with van der Waals surface area (Å²) < 4.78 is 13.1. The Kier molecular flexibility index (Phi) is 6.79. The second-order valence-electron chi connectivity index (χ2n) is 13.6. The van der Waals surface area contributed by atoms with Crippen LogP contribution in [0, 0.1) is 0 Å². The van der Waals surface area contributed by atoms with Crippen molar-refractivity contribution < 1.29 is 8.83 Å². The fraction of sp³-hybridized carbons (Fsp3) is 0. The van der Waals surface area contributed by atoms with Crippen molar-refractivity contribution in [2.24, 2.45) is 0 Å². The Morgan fingerprint density at radius 2 is 0.833 bits per heavy atom. The van der Waals surface area contributed by atoms with Crippen LogP contribution in [-0.2, 0) is 0 Å². The van der Waals surface area contributed by atoms with E-state index < -0.39 is 0 Å². The normalized spacial score (nSPS) is 11.7. The summed E-state index contributed by atoms with van der Waals surface area (Å²) in [6.07, 6.45) is 0. The molecule has 3 heterocycles. The second-order valence-corrected chi connectivity index (χ2v) is 13.6. The molecule has 0 fully saturated rings. The Morgan fingerprint density at radius 3 is 1.59 bits per heavy atom. The van der Waals surface area contributed by atoms with Crippen LogP contribution >= 0.6 is 0 Å². The molecule has 0 bridgehead atoms. The van der Waals surface area contributed by atoms with Gasteiger partial charge in [-0.25, -0.2) is 15.0 Å². The fourth-order valence-corrected chi connectivity index (χ4v) is 7.65. The number of benzene rings is 8. The van der Waals surface area contributed by atoms with E-state index in [1.165, 1.54) is 0 Å². The largest absolute Gasteiger partial charge is 0.456 e. The summed E-state index contributed by atoms with van der Waals surface area (Å²) in [6, 6.07) is 60.5. The molecule has 3 aromatic heterocycles. The molecule has 11 rings (SSSR count). The summed E-state index contributed by atoms with van der Waals surface area (Å²) in [5, 5.41) is 6.32. The lowest BCUT2D eigenvalue weighted by atomic mass is 10.0. The Bertz CT molecular complexity index is 3220. The maximum Gasteiger partial charge on any atom is 0.167 e. The Hall–Kier alpha value is -7.37. The van der Waals surface area contributed by atoms with Crippen molar-refractivity contribution in [2.45, 2.75) is 0 Å². The van der Waals surface area contributed by atoms with Gasteiger partial charge in [0.1, 0.15) is 22.3 Å². The third kappa shape index (κ3) is 4.98. The quantitative estimate of drug-likeness (QED) is 0.180. The van der Waals surface area contributed by atoms with Crippen LogP contribution < -0.4 is 0 Å². The highest BCUT2D eigenvalue weighted by atomic mass is 16.3. The van der Waals surface area contributed by atoms with E-state index in [1.54, 1.807) is 0 Å². The average Bonchev–Trinajstić information content (AvgIpc) is 3.82. The van der Waals surface area contributed by atoms with Crippen LogP contribution in [0.1, 0.15) is 0 Å². The van der Waals surface area contributed by atoms with E-state index in [9.17, 15) is 0 Å². The van der Waals surface area contributed by atoms with E-state index >= 15 is 0 Å². The van der Waals surface area contributed by atoms with Gasteiger partial charge in [0.2, 0.25) is 0 Å². The van der Waals surface area contributed by atoms with Gasteiger partial charge in [-0.1, -0.05) is 127 Å². The summed E-state index contributed by atoms with van der Waals surface area (Å²) >= 11 is 0. The lowest BCUT2D eigenvalue weighted by Crippen LogP contribution is -2.00. The zero-order valence-electron chi connectivity index (χ0n) is 28.9. The molecular weight excluding hydrogens is 663 g/mol. The van der Waals surface area contributed by atoms with Crippen LogP contribution in [0.3, 0.4) is 0 Å². The van der Waals surface area contributed by atoms with Crippen LogP contribution in [0.5, 0.6) is 0 Å². The topological polar surface area (TPSA) is 65.0 Å². The molecule has 0 aliphatic heterocycles. The zero-order chi connectivity index (χ0) is 35.6. The van der Waals surface area contributed by atoms with Crippen molar-refractivity contribution in [1.82, 2.24) is 15.0 Å². The number of hydrogen-bond donors (Lipinski definition) is 0. The van der Waals surface area contributed by atoms with Gasteiger partial charge in [0.05, 0.1) is 5.56 Å². The molecule has 0 saturated carbocycles. The Balaban J connectivity index is 1.13. The minimum Gasteiger partial charge on any atom is -0.456 e. The first kappa shape index (κ1) is 30.3. The third-order valence-corrected chi connectivity index (χ3v) is 10.3. The fourth-order valence-electron chi connectivity index (χ4n) is 7.65. The predicted molar refractivity (Wildman–Crippen MR) is 219 cm³/mol. The molecule has 0 atom stereocenters. The van der Waals surface area contributed by atoms with Gasteiger partial charge in [0, 0.05) is 38.1 Å². The third-order valence-electron chi connectivity index (χ3n) is 10.3. The van der Waals surface area contributed by atoms with Crippen LogP contribution in [0.15, 0.2) is 185 Å². The number of furan rings is 2. The van der Waals surface area contributed by atoms with E-state index in [0.29, 0.717) is 17.5 Å². The van der Waals surface area contributed by atoms with Crippen LogP contribution in [0.25, 0.3) is 111 Å². The molecule has 252 valence electrons. The van der Waals surface area contributed by atoms with E-state index in [2.05, 4.69) is 133 Å². The molecule has 5 heteroatoms. The number of hydrogen-bond acceptors (Lipinski definition) is 5. The number of nitrogens with zero attached hydrogens (tertiary/aromatic N) is 3. The van der Waals surface area contributed by atoms with Gasteiger partial charge < -0.3 is 8.83 Å². The van der Waals surface area contributed by atoms with Gasteiger partial charge in [0.25, 0.3) is 0 Å². The molecule has 0 unspecified atom stereocenters. The van der Waals surface area contributed by atoms with Gasteiger partial charge in [-0.2, -0.15) is 0 Å². The first-order valence-electron chi connectivity index (χ1n) is 18.0. The minimum atomic E-state index is 0.539. The molecule has 0 radical (unpaired) electrons. The van der Waals surface area contributed by atoms with Gasteiger partial charge >= 0.3 is 0 Å². The van der Waals surface area contributed by atoms with Crippen molar-refractivity contribution >= 4 is 54.6 Å². The summed E-state index contributed by atoms with van der Waals surface area (Å²) in [5.74, 6) is 1.68. The molecule has 0 spiro atoms. The maximum atomic E-state index is 6.75. The van der Waals surface area contributed by atoms with Crippen molar-refractivity contribution in [3.63, 3.8) is 0 Å². The van der Waals surface area contributed by atoms with Gasteiger partial charge in [-0.15, -0.1) is 0 Å². The van der Waals surface area contributed by atoms with E-state index in [4.69, 9.17) is 23.8 Å². The summed E-state index contributed by atoms with van der Waals surface area (Å²) in [6.45, 7) is 0. The first-order valence-corrected chi connectivity index (χ1v) is 18.0. The van der Waals surface area contributed by atoms with Crippen molar-refractivity contribution in [1.29, 1.82) is 0 Å². The van der Waals surface area contributed by atoms with E-state index in [0.717, 1.165) is 93.6 Å². The van der Waals surface area contributed by atoms with Crippen LogP contribution in [0.2, 0.25) is 0 Å². The summed E-state index contributed by atoms with van der Waals surface area (Å²) in [4.78, 5) is 15.5. The molecule has 54 heavy (non-hydrogen) atoms. The minimum absolute atomic E-state index is 0.539. The molecular formula is C49H29N3O2.